The molecule has 0 fully saturated rings. The highest BCUT2D eigenvalue weighted by atomic mass is 16.2. The molecule has 13 heteroatoms. The van der Waals surface area contributed by atoms with Gasteiger partial charge in [0.25, 0.3) is 0 Å². The summed E-state index contributed by atoms with van der Waals surface area (Å²) in [5, 5.41) is 13.9. The van der Waals surface area contributed by atoms with E-state index in [2.05, 4.69) is 52.4 Å². The lowest BCUT2D eigenvalue weighted by molar-refractivity contribution is -0.870. The molecule has 0 saturated carbocycles. The number of carbonyl (C=O) groups is 5. The molecule has 1 aromatic rings. The van der Waals surface area contributed by atoms with E-state index in [1.54, 1.807) is 0 Å². The van der Waals surface area contributed by atoms with Crippen LogP contribution in [0.4, 0.5) is 0 Å². The van der Waals surface area contributed by atoms with Crippen LogP contribution in [0.15, 0.2) is 35.4 Å². The molecule has 0 spiro atoms. The van der Waals surface area contributed by atoms with Gasteiger partial charge in [-0.25, -0.2) is 0 Å². The van der Waals surface area contributed by atoms with Crippen LogP contribution in [-0.4, -0.2) is 93.8 Å². The Morgan fingerprint density at radius 1 is 0.902 bits per heavy atom. The highest BCUT2D eigenvalue weighted by molar-refractivity contribution is 5.93. The molecule has 0 aliphatic heterocycles. The van der Waals surface area contributed by atoms with Crippen molar-refractivity contribution in [2.24, 2.45) is 5.11 Å². The van der Waals surface area contributed by atoms with Crippen molar-refractivity contribution < 1.29 is 28.5 Å². The van der Waals surface area contributed by atoms with Crippen LogP contribution in [0.25, 0.3) is 10.4 Å². The lowest BCUT2D eigenvalue weighted by Crippen LogP contribution is -2.55. The van der Waals surface area contributed by atoms with Gasteiger partial charge in [-0.2, -0.15) is 0 Å². The summed E-state index contributed by atoms with van der Waals surface area (Å²) >= 11 is 0. The number of hydrogen-bond acceptors (Lipinski definition) is 6. The molecular formula is C28H45N8O5+. The first kappa shape index (κ1) is 35.1. The molecule has 41 heavy (non-hydrogen) atoms. The van der Waals surface area contributed by atoms with Gasteiger partial charge >= 0.3 is 0 Å². The van der Waals surface area contributed by atoms with Crippen LogP contribution in [0.2, 0.25) is 0 Å². The summed E-state index contributed by atoms with van der Waals surface area (Å²) in [6.45, 7) is 0.606. The van der Waals surface area contributed by atoms with Crippen LogP contribution in [0, 0.1) is 0 Å². The maximum absolute atomic E-state index is 13.3. The van der Waals surface area contributed by atoms with Gasteiger partial charge in [0.1, 0.15) is 24.9 Å². The fourth-order valence-electron chi connectivity index (χ4n) is 3.98. The molecule has 4 N–H and O–H groups in total. The van der Waals surface area contributed by atoms with E-state index in [9.17, 15) is 24.0 Å². The Balaban J connectivity index is 2.86. The van der Waals surface area contributed by atoms with E-state index in [0.717, 1.165) is 48.6 Å². The third-order valence-electron chi connectivity index (χ3n) is 6.16. The third kappa shape index (κ3) is 17.4. The summed E-state index contributed by atoms with van der Waals surface area (Å²) in [5.41, 5.74) is 9.33. The Labute approximate surface area is 242 Å². The van der Waals surface area contributed by atoms with Gasteiger partial charge in [-0.05, 0) is 43.2 Å². The maximum atomic E-state index is 13.3. The van der Waals surface area contributed by atoms with E-state index >= 15 is 0 Å². The first-order valence-electron chi connectivity index (χ1n) is 14.0. The van der Waals surface area contributed by atoms with Crippen LogP contribution >= 0.6 is 0 Å². The standard InChI is InChI=1S/C28H44N8O5/c1-36(2,3)17-11-9-15-23(33-26(39)21-32-35-29)28(41)34-24(19-22-13-7-6-8-14-22)27(40)31-20-25(38)30-16-10-4-5-12-18-37/h6-8,13-14,18,23-24H,4-5,9-12,15-17,19-21H2,1-3H3,(H3-,30,31,33,34,38,39,40,41)/p+1/t23-,24-/m0/s1. The first-order valence-corrected chi connectivity index (χ1v) is 14.0. The van der Waals surface area contributed by atoms with Gasteiger partial charge in [-0.3, -0.25) is 19.2 Å². The molecular weight excluding hydrogens is 528 g/mol. The Bertz CT molecular complexity index is 1020. The summed E-state index contributed by atoms with van der Waals surface area (Å²) in [4.78, 5) is 63.9. The highest BCUT2D eigenvalue weighted by Crippen LogP contribution is 2.08. The van der Waals surface area contributed by atoms with Crippen LogP contribution in [-0.2, 0) is 30.4 Å². The number of nitrogens with one attached hydrogen (secondary N) is 4. The first-order chi connectivity index (χ1) is 19.6. The summed E-state index contributed by atoms with van der Waals surface area (Å²) < 4.78 is 0.757. The number of quaternary nitrogens is 1. The largest absolute Gasteiger partial charge is 0.355 e. The van der Waals surface area contributed by atoms with Gasteiger partial charge in [-0.15, -0.1) is 0 Å². The van der Waals surface area contributed by atoms with Gasteiger partial charge in [0.2, 0.25) is 23.6 Å². The monoisotopic (exact) mass is 573 g/mol. The molecule has 1 aromatic carbocycles. The Hall–Kier alpha value is -3.96. The van der Waals surface area contributed by atoms with Crippen LogP contribution in [0.1, 0.15) is 50.5 Å². The predicted molar refractivity (Wildman–Crippen MR) is 155 cm³/mol. The Kier molecular flexibility index (Phi) is 17.1. The van der Waals surface area contributed by atoms with Crippen molar-refractivity contribution in [3.8, 4) is 0 Å². The number of hydrogen-bond donors (Lipinski definition) is 4. The number of amides is 4. The number of unbranched alkanes of at least 4 members (excludes halogenated alkanes) is 4. The molecule has 13 nitrogen and oxygen atoms in total. The Morgan fingerprint density at radius 2 is 1.63 bits per heavy atom. The molecule has 0 aliphatic rings. The average molecular weight is 574 g/mol. The number of benzene rings is 1. The number of carbonyl (C=O) groups excluding carboxylic acids is 5. The van der Waals surface area contributed by atoms with E-state index in [-0.39, 0.29) is 18.9 Å². The van der Waals surface area contributed by atoms with E-state index in [1.165, 1.54) is 0 Å². The van der Waals surface area contributed by atoms with Crippen LogP contribution in [0.5, 0.6) is 0 Å². The minimum atomic E-state index is -0.996. The van der Waals surface area contributed by atoms with Crippen molar-refractivity contribution in [3.63, 3.8) is 0 Å². The normalized spacial score (nSPS) is 12.3. The van der Waals surface area contributed by atoms with Crippen molar-refractivity contribution in [1.82, 2.24) is 21.3 Å². The molecule has 0 unspecified atom stereocenters. The van der Waals surface area contributed by atoms with Crippen molar-refractivity contribution >= 4 is 29.9 Å². The molecule has 0 radical (unpaired) electrons. The number of nitrogens with zero attached hydrogens (tertiary/aromatic N) is 4. The lowest BCUT2D eigenvalue weighted by atomic mass is 10.0. The smallest absolute Gasteiger partial charge is 0.243 e. The topological polar surface area (TPSA) is 182 Å². The fraction of sp³-hybridized carbons (Fsp3) is 0.607. The van der Waals surface area contributed by atoms with Crippen LogP contribution < -0.4 is 21.3 Å². The number of rotatable bonds is 21. The van der Waals surface area contributed by atoms with Crippen molar-refractivity contribution in [1.29, 1.82) is 0 Å². The average Bonchev–Trinajstić information content (AvgIpc) is 2.93. The van der Waals surface area contributed by atoms with Crippen LogP contribution in [0.3, 0.4) is 0 Å². The molecule has 0 saturated heterocycles. The molecule has 4 amide bonds. The highest BCUT2D eigenvalue weighted by Gasteiger charge is 2.27. The minimum Gasteiger partial charge on any atom is -0.355 e. The summed E-state index contributed by atoms with van der Waals surface area (Å²) in [6, 6.07) is 7.21. The number of azide groups is 1. The predicted octanol–water partition coefficient (Wildman–Crippen LogP) is 1.38. The molecule has 0 bridgehead atoms. The molecule has 2 atom stereocenters. The quantitative estimate of drug-likeness (QED) is 0.0432. The van der Waals surface area contributed by atoms with E-state index in [4.69, 9.17) is 5.53 Å². The SMILES string of the molecule is C[N+](C)(C)CCCC[C@H](NC(=O)CN=[N+]=[N-])C(=O)N[C@@H](Cc1ccccc1)C(=O)NCC(=O)NCCCCCC=O. The molecule has 0 aliphatic carbocycles. The zero-order valence-electron chi connectivity index (χ0n) is 24.4. The summed E-state index contributed by atoms with van der Waals surface area (Å²) in [6.07, 6.45) is 5.64. The lowest BCUT2D eigenvalue weighted by Gasteiger charge is -2.25. The van der Waals surface area contributed by atoms with Gasteiger partial charge in [0.15, 0.2) is 0 Å². The van der Waals surface area contributed by atoms with Gasteiger partial charge in [0, 0.05) is 24.3 Å². The summed E-state index contributed by atoms with van der Waals surface area (Å²) in [7, 11) is 6.19. The zero-order chi connectivity index (χ0) is 30.5. The second-order valence-electron chi connectivity index (χ2n) is 10.9. The Morgan fingerprint density at radius 3 is 2.29 bits per heavy atom. The third-order valence-corrected chi connectivity index (χ3v) is 6.16. The fourth-order valence-corrected chi connectivity index (χ4v) is 3.98. The molecule has 1 rings (SSSR count). The van der Waals surface area contributed by atoms with E-state index < -0.39 is 36.3 Å². The van der Waals surface area contributed by atoms with Crippen molar-refractivity contribution in [3.05, 3.63) is 46.3 Å². The van der Waals surface area contributed by atoms with Crippen molar-refractivity contribution in [2.45, 2.75) is 63.5 Å². The zero-order valence-corrected chi connectivity index (χ0v) is 24.4. The van der Waals surface area contributed by atoms with E-state index in [1.807, 2.05) is 30.3 Å². The van der Waals surface area contributed by atoms with Gasteiger partial charge in [-0.1, -0.05) is 41.9 Å². The molecule has 0 aromatic heterocycles. The second-order valence-corrected chi connectivity index (χ2v) is 10.9. The van der Waals surface area contributed by atoms with Gasteiger partial charge < -0.3 is 30.5 Å². The second kappa shape index (κ2) is 20.0. The van der Waals surface area contributed by atoms with Crippen molar-refractivity contribution in [2.75, 3.05) is 47.3 Å². The minimum absolute atomic E-state index is 0.178. The maximum Gasteiger partial charge on any atom is 0.243 e. The van der Waals surface area contributed by atoms with Gasteiger partial charge in [0.05, 0.1) is 34.2 Å². The molecule has 0 heterocycles. The van der Waals surface area contributed by atoms with E-state index in [0.29, 0.717) is 25.8 Å². The number of aldehydes is 1. The summed E-state index contributed by atoms with van der Waals surface area (Å²) in [5.74, 6) is -2.03. The molecule has 226 valence electrons.